The predicted molar refractivity (Wildman–Crippen MR) is 123 cm³/mol. The molecule has 158 valence electrons. The number of halogens is 1. The van der Waals surface area contributed by atoms with E-state index in [1.807, 2.05) is 54.7 Å². The molecule has 0 aliphatic carbocycles. The third-order valence-electron chi connectivity index (χ3n) is 5.29. The maximum Gasteiger partial charge on any atom is 0.251 e. The Kier molecular flexibility index (Phi) is 5.85. The summed E-state index contributed by atoms with van der Waals surface area (Å²) in [6.07, 6.45) is 3.09. The highest BCUT2D eigenvalue weighted by molar-refractivity contribution is 7.90. The van der Waals surface area contributed by atoms with E-state index in [0.717, 1.165) is 28.3 Å². The molecule has 0 spiro atoms. The molecule has 7 heteroatoms. The molecule has 0 bridgehead atoms. The van der Waals surface area contributed by atoms with Crippen molar-refractivity contribution < 1.29 is 13.2 Å². The first-order valence-electron chi connectivity index (χ1n) is 9.73. The number of carbonyl (C=O) groups is 1. The Morgan fingerprint density at radius 3 is 2.35 bits per heavy atom. The third kappa shape index (κ3) is 4.50. The summed E-state index contributed by atoms with van der Waals surface area (Å²) in [5, 5.41) is 4.67. The van der Waals surface area contributed by atoms with Crippen LogP contribution in [0.3, 0.4) is 0 Å². The molecular formula is C24H21ClN2O3S. The van der Waals surface area contributed by atoms with Gasteiger partial charge in [-0.15, -0.1) is 0 Å². The Morgan fingerprint density at radius 1 is 0.968 bits per heavy atom. The third-order valence-corrected chi connectivity index (χ3v) is 6.76. The fourth-order valence-electron chi connectivity index (χ4n) is 3.68. The molecule has 0 saturated carbocycles. The number of nitrogens with one attached hydrogen (secondary N) is 2. The lowest BCUT2D eigenvalue weighted by atomic mass is 9.90. The van der Waals surface area contributed by atoms with Gasteiger partial charge in [0.1, 0.15) is 0 Å². The van der Waals surface area contributed by atoms with E-state index in [2.05, 4.69) is 10.3 Å². The van der Waals surface area contributed by atoms with Crippen LogP contribution in [0.2, 0.25) is 5.02 Å². The molecule has 0 fully saturated rings. The molecule has 3 aromatic carbocycles. The Balaban J connectivity index is 1.63. The fraction of sp³-hybridized carbons (Fsp3) is 0.125. The standard InChI is InChI=1S/C24H21ClN2O3S/c1-31(29,30)17-12-10-16(11-13-17)24(28)27-15-20(18-6-2-4-8-22(18)25)21-14-26-23-9-5-3-7-19(21)23/h2-14,20,26H,15H2,1H3,(H,27,28)/t20-/m1/s1. The van der Waals surface area contributed by atoms with Crippen LogP contribution in [0.25, 0.3) is 10.9 Å². The summed E-state index contributed by atoms with van der Waals surface area (Å²) < 4.78 is 23.3. The van der Waals surface area contributed by atoms with E-state index in [1.165, 1.54) is 24.3 Å². The van der Waals surface area contributed by atoms with Gasteiger partial charge in [0.2, 0.25) is 0 Å². The highest BCUT2D eigenvalue weighted by Crippen LogP contribution is 2.34. The van der Waals surface area contributed by atoms with Crippen molar-refractivity contribution in [3.8, 4) is 0 Å². The second-order valence-corrected chi connectivity index (χ2v) is 9.79. The number of sulfone groups is 1. The second kappa shape index (κ2) is 8.57. The minimum atomic E-state index is -3.31. The fourth-order valence-corrected chi connectivity index (χ4v) is 4.58. The molecule has 1 atom stereocenters. The van der Waals surface area contributed by atoms with Gasteiger partial charge in [-0.1, -0.05) is 48.0 Å². The van der Waals surface area contributed by atoms with Gasteiger partial charge in [0.05, 0.1) is 4.90 Å². The number of para-hydroxylation sites is 1. The van der Waals surface area contributed by atoms with E-state index in [1.54, 1.807) is 0 Å². The molecule has 4 rings (SSSR count). The van der Waals surface area contributed by atoms with Crippen molar-refractivity contribution in [2.75, 3.05) is 12.8 Å². The van der Waals surface area contributed by atoms with Crippen LogP contribution in [0.15, 0.2) is 83.9 Å². The van der Waals surface area contributed by atoms with Gasteiger partial charge in [-0.25, -0.2) is 8.42 Å². The molecular weight excluding hydrogens is 432 g/mol. The van der Waals surface area contributed by atoms with Crippen LogP contribution < -0.4 is 5.32 Å². The first-order valence-corrected chi connectivity index (χ1v) is 12.0. The first-order chi connectivity index (χ1) is 14.8. The largest absolute Gasteiger partial charge is 0.361 e. The van der Waals surface area contributed by atoms with Crippen LogP contribution in [-0.4, -0.2) is 32.1 Å². The maximum atomic E-state index is 12.8. The molecule has 1 amide bonds. The SMILES string of the molecule is CS(=O)(=O)c1ccc(C(=O)NC[C@H](c2ccccc2Cl)c2c[nH]c3ccccc23)cc1. The molecule has 5 nitrogen and oxygen atoms in total. The minimum absolute atomic E-state index is 0.163. The highest BCUT2D eigenvalue weighted by Gasteiger charge is 2.21. The van der Waals surface area contributed by atoms with E-state index in [0.29, 0.717) is 17.1 Å². The Morgan fingerprint density at radius 2 is 1.65 bits per heavy atom. The minimum Gasteiger partial charge on any atom is -0.361 e. The Hall–Kier alpha value is -3.09. The zero-order valence-electron chi connectivity index (χ0n) is 16.8. The molecule has 0 radical (unpaired) electrons. The van der Waals surface area contributed by atoms with Crippen LogP contribution in [0, 0.1) is 0 Å². The highest BCUT2D eigenvalue weighted by atomic mass is 35.5. The topological polar surface area (TPSA) is 79.0 Å². The Labute approximate surface area is 186 Å². The number of hydrogen-bond donors (Lipinski definition) is 2. The number of aromatic amines is 1. The number of amides is 1. The van der Waals surface area contributed by atoms with Crippen molar-refractivity contribution in [1.82, 2.24) is 10.3 Å². The van der Waals surface area contributed by atoms with Crippen LogP contribution in [0.1, 0.15) is 27.4 Å². The normalized spacial score (nSPS) is 12.6. The van der Waals surface area contributed by atoms with Gasteiger partial charge in [0.15, 0.2) is 9.84 Å². The molecule has 0 aliphatic heterocycles. The van der Waals surface area contributed by atoms with E-state index in [9.17, 15) is 13.2 Å². The number of hydrogen-bond acceptors (Lipinski definition) is 3. The summed E-state index contributed by atoms with van der Waals surface area (Å²) in [6, 6.07) is 21.5. The molecule has 0 unspecified atom stereocenters. The van der Waals surface area contributed by atoms with Gasteiger partial charge in [0.25, 0.3) is 5.91 Å². The summed E-state index contributed by atoms with van der Waals surface area (Å²) in [5.41, 5.74) is 3.36. The van der Waals surface area contributed by atoms with Crippen LogP contribution in [-0.2, 0) is 9.84 Å². The molecule has 1 heterocycles. The first kappa shape index (κ1) is 21.2. The lowest BCUT2D eigenvalue weighted by Gasteiger charge is -2.19. The molecule has 2 N–H and O–H groups in total. The van der Waals surface area contributed by atoms with Gasteiger partial charge in [0, 0.05) is 46.4 Å². The van der Waals surface area contributed by atoms with Gasteiger partial charge in [-0.05, 0) is 47.5 Å². The van der Waals surface area contributed by atoms with Crippen LogP contribution >= 0.6 is 11.6 Å². The van der Waals surface area contributed by atoms with Gasteiger partial charge < -0.3 is 10.3 Å². The number of benzene rings is 3. The molecule has 31 heavy (non-hydrogen) atoms. The van der Waals surface area contributed by atoms with Crippen LogP contribution in [0.4, 0.5) is 0 Å². The predicted octanol–water partition coefficient (Wildman–Crippen LogP) is 4.79. The van der Waals surface area contributed by atoms with E-state index in [4.69, 9.17) is 11.6 Å². The van der Waals surface area contributed by atoms with Crippen molar-refractivity contribution in [2.24, 2.45) is 0 Å². The Bertz CT molecular complexity index is 1340. The van der Waals surface area contributed by atoms with Crippen molar-refractivity contribution in [1.29, 1.82) is 0 Å². The average Bonchev–Trinajstić information content (AvgIpc) is 3.18. The summed E-state index contributed by atoms with van der Waals surface area (Å²) in [5.74, 6) is -0.443. The summed E-state index contributed by atoms with van der Waals surface area (Å²) >= 11 is 6.50. The monoisotopic (exact) mass is 452 g/mol. The van der Waals surface area contributed by atoms with Crippen molar-refractivity contribution >= 4 is 38.2 Å². The van der Waals surface area contributed by atoms with Gasteiger partial charge >= 0.3 is 0 Å². The molecule has 1 aromatic heterocycles. The summed E-state index contributed by atoms with van der Waals surface area (Å²) in [7, 11) is -3.31. The number of aromatic nitrogens is 1. The second-order valence-electron chi connectivity index (χ2n) is 7.37. The van der Waals surface area contributed by atoms with Crippen molar-refractivity contribution in [3.05, 3.63) is 101 Å². The quantitative estimate of drug-likeness (QED) is 0.441. The van der Waals surface area contributed by atoms with E-state index >= 15 is 0 Å². The lowest BCUT2D eigenvalue weighted by molar-refractivity contribution is 0.0952. The molecule has 0 saturated heterocycles. The van der Waals surface area contributed by atoms with Crippen molar-refractivity contribution in [3.63, 3.8) is 0 Å². The number of H-pyrrole nitrogens is 1. The maximum absolute atomic E-state index is 12.8. The summed E-state index contributed by atoms with van der Waals surface area (Å²) in [6.45, 7) is 0.332. The smallest absolute Gasteiger partial charge is 0.251 e. The number of rotatable bonds is 6. The van der Waals surface area contributed by atoms with Gasteiger partial charge in [-0.2, -0.15) is 0 Å². The number of carbonyl (C=O) groups excluding carboxylic acids is 1. The average molecular weight is 453 g/mol. The molecule has 4 aromatic rings. The van der Waals surface area contributed by atoms with Gasteiger partial charge in [-0.3, -0.25) is 4.79 Å². The lowest BCUT2D eigenvalue weighted by Crippen LogP contribution is -2.29. The van der Waals surface area contributed by atoms with Crippen molar-refractivity contribution in [2.45, 2.75) is 10.8 Å². The van der Waals surface area contributed by atoms with E-state index in [-0.39, 0.29) is 16.7 Å². The van der Waals surface area contributed by atoms with E-state index < -0.39 is 9.84 Å². The molecule has 0 aliphatic rings. The summed E-state index contributed by atoms with van der Waals surface area (Å²) in [4.78, 5) is 16.2. The van der Waals surface area contributed by atoms with Crippen LogP contribution in [0.5, 0.6) is 0 Å². The zero-order valence-corrected chi connectivity index (χ0v) is 18.4. The zero-order chi connectivity index (χ0) is 22.0. The number of fused-ring (bicyclic) bond motifs is 1.